The van der Waals surface area contributed by atoms with Crippen molar-refractivity contribution in [2.75, 3.05) is 19.7 Å². The van der Waals surface area contributed by atoms with Crippen LogP contribution in [0.3, 0.4) is 0 Å². The van der Waals surface area contributed by atoms with Gasteiger partial charge in [0.1, 0.15) is 0 Å². The van der Waals surface area contributed by atoms with Crippen LogP contribution in [0.25, 0.3) is 0 Å². The number of carbonyl (C=O) groups is 1. The molecule has 0 spiro atoms. The van der Waals surface area contributed by atoms with Gasteiger partial charge in [-0.05, 0) is 19.8 Å². The number of nitrogens with zero attached hydrogens (tertiary/aromatic N) is 1. The number of hydrogen-bond acceptors (Lipinski definition) is 2. The van der Waals surface area contributed by atoms with Crippen molar-refractivity contribution in [1.29, 1.82) is 0 Å². The molecule has 1 aliphatic heterocycles. The lowest BCUT2D eigenvalue weighted by Gasteiger charge is -2.15. The summed E-state index contributed by atoms with van der Waals surface area (Å²) in [4.78, 5) is 12.7. The second-order valence-electron chi connectivity index (χ2n) is 3.11. The minimum Gasteiger partial charge on any atom is -0.449 e. The van der Waals surface area contributed by atoms with Crippen molar-refractivity contribution in [3.63, 3.8) is 0 Å². The average Bonchev–Trinajstić information content (AvgIpc) is 2.31. The van der Waals surface area contributed by atoms with E-state index in [1.54, 1.807) is 4.90 Å². The highest BCUT2D eigenvalue weighted by molar-refractivity contribution is 5.67. The van der Waals surface area contributed by atoms with Gasteiger partial charge in [0, 0.05) is 13.1 Å². The van der Waals surface area contributed by atoms with Gasteiger partial charge in [-0.2, -0.15) is 0 Å². The molecule has 1 heterocycles. The molecule has 1 amide bonds. The van der Waals surface area contributed by atoms with Gasteiger partial charge in [0.25, 0.3) is 0 Å². The lowest BCUT2D eigenvalue weighted by molar-refractivity contribution is 0.118. The van der Waals surface area contributed by atoms with E-state index in [-0.39, 0.29) is 6.09 Å². The van der Waals surface area contributed by atoms with Crippen LogP contribution in [0, 0.1) is 0 Å². The molecule has 1 rings (SSSR count). The first-order valence-electron chi connectivity index (χ1n) is 5.17. The maximum absolute atomic E-state index is 10.9. The summed E-state index contributed by atoms with van der Waals surface area (Å²) in [6.07, 6.45) is 3.17. The Bertz CT molecular complexity index is 137. The Morgan fingerprint density at radius 1 is 1.31 bits per heavy atom. The van der Waals surface area contributed by atoms with Crippen molar-refractivity contribution in [2.45, 2.75) is 40.0 Å². The third-order valence-corrected chi connectivity index (χ3v) is 1.69. The number of cyclic esters (lactones) is 1. The number of hydrogen-bond donors (Lipinski definition) is 0. The van der Waals surface area contributed by atoms with Crippen molar-refractivity contribution in [3.05, 3.63) is 0 Å². The van der Waals surface area contributed by atoms with Gasteiger partial charge in [-0.15, -0.1) is 0 Å². The molecule has 78 valence electrons. The molecule has 1 aliphatic rings. The smallest absolute Gasteiger partial charge is 0.409 e. The van der Waals surface area contributed by atoms with Gasteiger partial charge in [0.05, 0.1) is 6.61 Å². The van der Waals surface area contributed by atoms with E-state index < -0.39 is 0 Å². The Balaban J connectivity index is 0.000000424. The van der Waals surface area contributed by atoms with Gasteiger partial charge >= 0.3 is 6.09 Å². The standard InChI is InChI=1S/C7H13NO2.C3H8/c1-2-8-5-3-4-6-10-7(8)9;1-3-2/h2-6H2,1H3;3H2,1-2H3. The third-order valence-electron chi connectivity index (χ3n) is 1.69. The van der Waals surface area contributed by atoms with Crippen molar-refractivity contribution >= 4 is 6.09 Å². The molecule has 1 fully saturated rings. The molecule has 0 aromatic carbocycles. The molecule has 0 atom stereocenters. The summed E-state index contributed by atoms with van der Waals surface area (Å²) in [6, 6.07) is 0. The summed E-state index contributed by atoms with van der Waals surface area (Å²) in [7, 11) is 0. The number of ether oxygens (including phenoxy) is 1. The molecule has 0 aliphatic carbocycles. The quantitative estimate of drug-likeness (QED) is 0.631. The van der Waals surface area contributed by atoms with Crippen LogP contribution in [0.4, 0.5) is 4.79 Å². The summed E-state index contributed by atoms with van der Waals surface area (Å²) in [5.41, 5.74) is 0. The van der Waals surface area contributed by atoms with Gasteiger partial charge in [-0.3, -0.25) is 0 Å². The molecule has 3 nitrogen and oxygen atoms in total. The largest absolute Gasteiger partial charge is 0.449 e. The van der Waals surface area contributed by atoms with E-state index in [9.17, 15) is 4.79 Å². The SMILES string of the molecule is CCC.CCN1CCCCOC1=O. The van der Waals surface area contributed by atoms with Crippen LogP contribution in [0.15, 0.2) is 0 Å². The Kier molecular flexibility index (Phi) is 7.45. The highest BCUT2D eigenvalue weighted by atomic mass is 16.6. The Labute approximate surface area is 81.1 Å². The van der Waals surface area contributed by atoms with E-state index >= 15 is 0 Å². The first-order chi connectivity index (χ1) is 6.26. The summed E-state index contributed by atoms with van der Waals surface area (Å²) >= 11 is 0. The highest BCUT2D eigenvalue weighted by Crippen LogP contribution is 2.04. The lowest BCUT2D eigenvalue weighted by Crippen LogP contribution is -2.30. The minimum absolute atomic E-state index is 0.153. The predicted octanol–water partition coefficient (Wildman–Crippen LogP) is 2.66. The summed E-state index contributed by atoms with van der Waals surface area (Å²) in [6.45, 7) is 8.43. The molecule has 13 heavy (non-hydrogen) atoms. The second-order valence-corrected chi connectivity index (χ2v) is 3.11. The molecule has 0 N–H and O–H groups in total. The molecular weight excluding hydrogens is 166 g/mol. The maximum Gasteiger partial charge on any atom is 0.409 e. The summed E-state index contributed by atoms with van der Waals surface area (Å²) in [5.74, 6) is 0. The molecule has 0 aromatic rings. The zero-order chi connectivity index (χ0) is 10.1. The predicted molar refractivity (Wildman–Crippen MR) is 53.8 cm³/mol. The third kappa shape index (κ3) is 5.50. The monoisotopic (exact) mass is 187 g/mol. The van der Waals surface area contributed by atoms with Gasteiger partial charge in [0.2, 0.25) is 0 Å². The average molecular weight is 187 g/mol. The fourth-order valence-electron chi connectivity index (χ4n) is 1.03. The van der Waals surface area contributed by atoms with Crippen LogP contribution in [0.1, 0.15) is 40.0 Å². The molecule has 0 saturated carbocycles. The minimum atomic E-state index is -0.153. The normalized spacial score (nSPS) is 16.8. The fraction of sp³-hybridized carbons (Fsp3) is 0.900. The zero-order valence-electron chi connectivity index (χ0n) is 9.01. The highest BCUT2D eigenvalue weighted by Gasteiger charge is 2.14. The van der Waals surface area contributed by atoms with E-state index in [0.29, 0.717) is 6.61 Å². The molecule has 0 bridgehead atoms. The maximum atomic E-state index is 10.9. The Morgan fingerprint density at radius 3 is 2.46 bits per heavy atom. The van der Waals surface area contributed by atoms with Crippen LogP contribution in [-0.2, 0) is 4.74 Å². The number of carbonyl (C=O) groups excluding carboxylic acids is 1. The topological polar surface area (TPSA) is 29.5 Å². The molecule has 1 saturated heterocycles. The molecule has 0 radical (unpaired) electrons. The van der Waals surface area contributed by atoms with Gasteiger partial charge in [-0.25, -0.2) is 4.79 Å². The van der Waals surface area contributed by atoms with Gasteiger partial charge < -0.3 is 9.64 Å². The van der Waals surface area contributed by atoms with Crippen molar-refractivity contribution in [2.24, 2.45) is 0 Å². The second kappa shape index (κ2) is 7.90. The van der Waals surface area contributed by atoms with E-state index in [2.05, 4.69) is 13.8 Å². The van der Waals surface area contributed by atoms with Gasteiger partial charge in [-0.1, -0.05) is 20.3 Å². The van der Waals surface area contributed by atoms with Crippen LogP contribution < -0.4 is 0 Å². The van der Waals surface area contributed by atoms with E-state index in [4.69, 9.17) is 4.74 Å². The van der Waals surface area contributed by atoms with Crippen LogP contribution in [0.5, 0.6) is 0 Å². The Morgan fingerprint density at radius 2 is 1.92 bits per heavy atom. The molecular formula is C10H21NO2. The van der Waals surface area contributed by atoms with Crippen molar-refractivity contribution in [3.8, 4) is 0 Å². The molecule has 0 unspecified atom stereocenters. The van der Waals surface area contributed by atoms with Crippen molar-refractivity contribution in [1.82, 2.24) is 4.90 Å². The van der Waals surface area contributed by atoms with Crippen LogP contribution >= 0.6 is 0 Å². The Hall–Kier alpha value is -0.730. The fourth-order valence-corrected chi connectivity index (χ4v) is 1.03. The summed E-state index contributed by atoms with van der Waals surface area (Å²) < 4.78 is 4.89. The molecule has 3 heteroatoms. The van der Waals surface area contributed by atoms with Crippen molar-refractivity contribution < 1.29 is 9.53 Å². The van der Waals surface area contributed by atoms with Crippen LogP contribution in [-0.4, -0.2) is 30.7 Å². The van der Waals surface area contributed by atoms with E-state index in [0.717, 1.165) is 25.9 Å². The first-order valence-corrected chi connectivity index (χ1v) is 5.17. The lowest BCUT2D eigenvalue weighted by atomic mass is 10.3. The number of rotatable bonds is 1. The van der Waals surface area contributed by atoms with Gasteiger partial charge in [0.15, 0.2) is 0 Å². The zero-order valence-corrected chi connectivity index (χ0v) is 9.01. The number of amides is 1. The molecule has 0 aromatic heterocycles. The van der Waals surface area contributed by atoms with E-state index in [1.165, 1.54) is 6.42 Å². The first kappa shape index (κ1) is 12.3. The van der Waals surface area contributed by atoms with Crippen LogP contribution in [0.2, 0.25) is 0 Å². The van der Waals surface area contributed by atoms with E-state index in [1.807, 2.05) is 6.92 Å². The summed E-state index contributed by atoms with van der Waals surface area (Å²) in [5, 5.41) is 0.